The maximum Gasteiger partial charge on any atom is 0.306 e. The molecule has 5 rings (SSSR count). The van der Waals surface area contributed by atoms with E-state index in [9.17, 15) is 4.79 Å². The Balaban J connectivity index is 1.09. The molecule has 5 aliphatic carbocycles. The van der Waals surface area contributed by atoms with Crippen molar-refractivity contribution in [3.05, 3.63) is 36.0 Å². The van der Waals surface area contributed by atoms with Gasteiger partial charge in [0.2, 0.25) is 0 Å². The van der Waals surface area contributed by atoms with Crippen molar-refractivity contribution in [1.82, 2.24) is 0 Å². The largest absolute Gasteiger partial charge is 0.462 e. The second kappa shape index (κ2) is 16.0. The van der Waals surface area contributed by atoms with E-state index in [1.54, 1.807) is 0 Å². The number of esters is 1. The van der Waals surface area contributed by atoms with E-state index < -0.39 is 0 Å². The van der Waals surface area contributed by atoms with Crippen LogP contribution in [0.3, 0.4) is 0 Å². The van der Waals surface area contributed by atoms with Crippen molar-refractivity contribution in [2.24, 2.45) is 50.2 Å². The smallest absolute Gasteiger partial charge is 0.306 e. The van der Waals surface area contributed by atoms with Gasteiger partial charge in [0.1, 0.15) is 6.10 Å². The van der Waals surface area contributed by atoms with E-state index in [0.29, 0.717) is 45.3 Å². The fraction of sp³-hybridized carbons (Fsp3) is 0.854. The lowest BCUT2D eigenvalue weighted by atomic mass is 9.33. The van der Waals surface area contributed by atoms with Crippen LogP contribution in [0.15, 0.2) is 36.0 Å². The molecule has 4 fully saturated rings. The number of hydrogen-bond acceptors (Lipinski definition) is 2. The van der Waals surface area contributed by atoms with Crippen molar-refractivity contribution < 1.29 is 9.53 Å². The normalized spacial score (nSPS) is 38.9. The summed E-state index contributed by atoms with van der Waals surface area (Å²) in [5, 5.41) is 0. The van der Waals surface area contributed by atoms with Gasteiger partial charge in [-0.3, -0.25) is 4.79 Å². The van der Waals surface area contributed by atoms with Crippen LogP contribution in [0.5, 0.6) is 0 Å². The van der Waals surface area contributed by atoms with Crippen LogP contribution < -0.4 is 0 Å². The summed E-state index contributed by atoms with van der Waals surface area (Å²) in [6, 6.07) is 0. The molecule has 0 aromatic carbocycles. The molecule has 5 aliphatic rings. The first kappa shape index (κ1) is 39.9. The lowest BCUT2D eigenvalue weighted by Gasteiger charge is -2.71. The molecule has 50 heavy (non-hydrogen) atoms. The maximum atomic E-state index is 13.2. The summed E-state index contributed by atoms with van der Waals surface area (Å²) in [6.07, 6.45) is 39.1. The molecule has 2 heteroatoms. The molecule has 0 saturated heterocycles. The Morgan fingerprint density at radius 1 is 0.740 bits per heavy atom. The molecule has 0 aliphatic heterocycles. The van der Waals surface area contributed by atoms with Crippen molar-refractivity contribution in [3.63, 3.8) is 0 Å². The molecule has 0 N–H and O–H groups in total. The Kier molecular flexibility index (Phi) is 12.7. The minimum Gasteiger partial charge on any atom is -0.462 e. The number of allylic oxidation sites excluding steroid dienone is 6. The van der Waals surface area contributed by atoms with E-state index in [1.165, 1.54) is 109 Å². The van der Waals surface area contributed by atoms with Gasteiger partial charge >= 0.3 is 5.97 Å². The molecule has 0 bridgehead atoms. The highest BCUT2D eigenvalue weighted by Crippen LogP contribution is 2.75. The standard InChI is InChI=1S/C48H80O2/c1-10-11-12-13-14-15-16-17-18-19-20-21-22-23-24-25-42(49)50-41-29-30-46(7)39(44(41,4)5)28-31-48(9)40(46)27-26-37-38-36-43(2,3)32-33-45(38,6)34-35-47(37,48)8/h14-15,17-18,26,38-41H,10-13,16,19-25,27-36H2,1-9H3/b15-14-,18-17-/t38-,39+,40-,41+,45-,46-,47+,48+/m1/s1. The van der Waals surface area contributed by atoms with E-state index in [1.807, 2.05) is 5.57 Å². The van der Waals surface area contributed by atoms with Gasteiger partial charge in [0.05, 0.1) is 0 Å². The Hall–Kier alpha value is -1.31. The van der Waals surface area contributed by atoms with Gasteiger partial charge in [-0.25, -0.2) is 0 Å². The van der Waals surface area contributed by atoms with E-state index in [-0.39, 0.29) is 17.5 Å². The third kappa shape index (κ3) is 7.96. The van der Waals surface area contributed by atoms with Crippen molar-refractivity contribution in [1.29, 1.82) is 0 Å². The van der Waals surface area contributed by atoms with Gasteiger partial charge in [-0.1, -0.05) is 130 Å². The molecule has 4 saturated carbocycles. The lowest BCUT2D eigenvalue weighted by Crippen LogP contribution is -2.64. The summed E-state index contributed by atoms with van der Waals surface area (Å²) >= 11 is 0. The zero-order chi connectivity index (χ0) is 36.3. The number of rotatable bonds is 15. The zero-order valence-corrected chi connectivity index (χ0v) is 34.6. The molecule has 0 heterocycles. The Morgan fingerprint density at radius 2 is 1.40 bits per heavy atom. The van der Waals surface area contributed by atoms with Gasteiger partial charge in [-0.15, -0.1) is 0 Å². The van der Waals surface area contributed by atoms with Gasteiger partial charge in [-0.05, 0) is 148 Å². The predicted octanol–water partition coefficient (Wildman–Crippen LogP) is 14.5. The quantitative estimate of drug-likeness (QED) is 0.0972. The van der Waals surface area contributed by atoms with E-state index in [2.05, 4.69) is 92.7 Å². The fourth-order valence-electron chi connectivity index (χ4n) is 13.0. The highest BCUT2D eigenvalue weighted by molar-refractivity contribution is 5.69. The summed E-state index contributed by atoms with van der Waals surface area (Å²) in [7, 11) is 0. The van der Waals surface area contributed by atoms with Crippen molar-refractivity contribution in [2.45, 2.75) is 210 Å². The number of hydrogen-bond donors (Lipinski definition) is 0. The molecule has 284 valence electrons. The van der Waals surface area contributed by atoms with Crippen LogP contribution in [0.2, 0.25) is 0 Å². The molecule has 0 amide bonds. The SMILES string of the molecule is CCCCC/C=C\C/C=C\CCCCCCCC(=O)O[C@H]1CC[C@@]2(C)[C@H]3CC=C4[C@H]5CC(C)(C)CC[C@]5(C)CC[C@]4(C)[C@@]3(C)CC[C@H]2C1(C)C. The van der Waals surface area contributed by atoms with Crippen molar-refractivity contribution in [2.75, 3.05) is 0 Å². The molecule has 0 aromatic heterocycles. The van der Waals surface area contributed by atoms with E-state index >= 15 is 0 Å². The summed E-state index contributed by atoms with van der Waals surface area (Å²) in [4.78, 5) is 13.2. The molecular weight excluding hydrogens is 609 g/mol. The third-order valence-electron chi connectivity index (χ3n) is 16.6. The minimum atomic E-state index is 0.0196. The monoisotopic (exact) mass is 689 g/mol. The predicted molar refractivity (Wildman–Crippen MR) is 214 cm³/mol. The van der Waals surface area contributed by atoms with E-state index in [4.69, 9.17) is 4.74 Å². The van der Waals surface area contributed by atoms with Crippen LogP contribution in [0, 0.1) is 50.2 Å². The van der Waals surface area contributed by atoms with Gasteiger partial charge in [0.25, 0.3) is 0 Å². The Labute approximate surface area is 310 Å². The molecule has 0 unspecified atom stereocenters. The highest BCUT2D eigenvalue weighted by Gasteiger charge is 2.68. The highest BCUT2D eigenvalue weighted by atomic mass is 16.5. The van der Waals surface area contributed by atoms with Crippen LogP contribution in [-0.4, -0.2) is 12.1 Å². The number of carbonyl (C=O) groups is 1. The zero-order valence-electron chi connectivity index (χ0n) is 34.6. The van der Waals surface area contributed by atoms with Crippen molar-refractivity contribution in [3.8, 4) is 0 Å². The number of unbranched alkanes of at least 4 members (excludes halogenated alkanes) is 8. The van der Waals surface area contributed by atoms with Crippen LogP contribution in [-0.2, 0) is 9.53 Å². The van der Waals surface area contributed by atoms with Gasteiger partial charge in [-0.2, -0.15) is 0 Å². The number of carbonyl (C=O) groups excluding carboxylic acids is 1. The van der Waals surface area contributed by atoms with Crippen LogP contribution in [0.4, 0.5) is 0 Å². The molecule has 0 radical (unpaired) electrons. The van der Waals surface area contributed by atoms with Crippen LogP contribution in [0.1, 0.15) is 204 Å². The second-order valence-electron chi connectivity index (χ2n) is 20.7. The molecule has 8 atom stereocenters. The van der Waals surface area contributed by atoms with Crippen LogP contribution in [0.25, 0.3) is 0 Å². The van der Waals surface area contributed by atoms with Gasteiger partial charge < -0.3 is 4.74 Å². The average molecular weight is 689 g/mol. The summed E-state index contributed by atoms with van der Waals surface area (Å²) in [5.74, 6) is 2.14. The minimum absolute atomic E-state index is 0.0196. The third-order valence-corrected chi connectivity index (χ3v) is 16.6. The maximum absolute atomic E-state index is 13.2. The first-order valence-electron chi connectivity index (χ1n) is 21.8. The second-order valence-corrected chi connectivity index (χ2v) is 20.7. The number of fused-ring (bicyclic) bond motifs is 7. The van der Waals surface area contributed by atoms with Crippen molar-refractivity contribution >= 4 is 5.97 Å². The van der Waals surface area contributed by atoms with Crippen LogP contribution >= 0.6 is 0 Å². The topological polar surface area (TPSA) is 26.3 Å². The summed E-state index contributed by atoms with van der Waals surface area (Å²) in [6.45, 7) is 23.0. The van der Waals surface area contributed by atoms with Gasteiger partial charge in [0.15, 0.2) is 0 Å². The fourth-order valence-corrected chi connectivity index (χ4v) is 13.0. The molecule has 2 nitrogen and oxygen atoms in total. The summed E-state index contributed by atoms with van der Waals surface area (Å²) in [5.41, 5.74) is 3.82. The first-order chi connectivity index (χ1) is 23.6. The molecule has 0 spiro atoms. The lowest BCUT2D eigenvalue weighted by molar-refractivity contribution is -0.212. The first-order valence-corrected chi connectivity index (χ1v) is 21.8. The van der Waals surface area contributed by atoms with Gasteiger partial charge in [0, 0.05) is 11.8 Å². The van der Waals surface area contributed by atoms with E-state index in [0.717, 1.165) is 31.6 Å². The number of ether oxygens (including phenoxy) is 1. The Morgan fingerprint density at radius 3 is 2.12 bits per heavy atom. The Bertz CT molecular complexity index is 1230. The summed E-state index contributed by atoms with van der Waals surface area (Å²) < 4.78 is 6.41. The average Bonchev–Trinajstić information content (AvgIpc) is 3.05. The molecule has 0 aromatic rings. The molecular formula is C48H80O2.